The summed E-state index contributed by atoms with van der Waals surface area (Å²) in [6.07, 6.45) is 3.55. The highest BCUT2D eigenvalue weighted by molar-refractivity contribution is 6.30. The molecule has 1 N–H and O–H groups in total. The highest BCUT2D eigenvalue weighted by Crippen LogP contribution is 2.29. The van der Waals surface area contributed by atoms with Gasteiger partial charge in [0.15, 0.2) is 0 Å². The van der Waals surface area contributed by atoms with Gasteiger partial charge in [0.1, 0.15) is 18.2 Å². The summed E-state index contributed by atoms with van der Waals surface area (Å²) >= 11 is 6.00. The van der Waals surface area contributed by atoms with E-state index in [1.807, 2.05) is 43.3 Å². The largest absolute Gasteiger partial charge is 0.488 e. The van der Waals surface area contributed by atoms with E-state index in [-0.39, 0.29) is 12.5 Å². The monoisotopic (exact) mass is 343 g/mol. The second kappa shape index (κ2) is 6.93. The number of carbonyl (C=O) groups is 1. The molecule has 0 radical (unpaired) electrons. The van der Waals surface area contributed by atoms with E-state index in [9.17, 15) is 4.79 Å². The van der Waals surface area contributed by atoms with E-state index < -0.39 is 0 Å². The van der Waals surface area contributed by atoms with Crippen LogP contribution in [-0.4, -0.2) is 31.6 Å². The fraction of sp³-hybridized carbons (Fsp3) is 0.222. The van der Waals surface area contributed by atoms with Gasteiger partial charge >= 0.3 is 0 Å². The summed E-state index contributed by atoms with van der Waals surface area (Å²) in [6.45, 7) is 0.647. The molecular formula is C18H18ClN3O2. The van der Waals surface area contributed by atoms with Crippen molar-refractivity contribution in [3.05, 3.63) is 58.3 Å². The van der Waals surface area contributed by atoms with Crippen molar-refractivity contribution >= 4 is 29.4 Å². The van der Waals surface area contributed by atoms with Gasteiger partial charge in [0.25, 0.3) is 5.91 Å². The van der Waals surface area contributed by atoms with Gasteiger partial charge < -0.3 is 15.0 Å². The first kappa shape index (κ1) is 16.3. The number of hydrogen-bond acceptors (Lipinski definition) is 4. The molecule has 0 bridgehead atoms. The normalized spacial score (nSPS) is 12.7. The average Bonchev–Trinajstić information content (AvgIpc) is 2.59. The number of fused-ring (bicyclic) bond motifs is 1. The number of amides is 1. The number of aromatic nitrogens is 1. The summed E-state index contributed by atoms with van der Waals surface area (Å²) in [5, 5.41) is 3.53. The Bertz CT molecular complexity index is 803. The smallest absolute Gasteiger partial charge is 0.250 e. The molecule has 0 fully saturated rings. The standard InChI is InChI=1S/C18H18ClN3O2/c1-22(2)17-12(4-3-7-20-17)10-21-18(23)14-8-13-9-15(19)5-6-16(13)24-11-14/h3-9H,10-11H2,1-2H3,(H,21,23). The lowest BCUT2D eigenvalue weighted by atomic mass is 10.1. The first-order valence-electron chi connectivity index (χ1n) is 7.57. The number of carbonyl (C=O) groups excluding carboxylic acids is 1. The van der Waals surface area contributed by atoms with Crippen molar-refractivity contribution in [1.82, 2.24) is 10.3 Å². The van der Waals surface area contributed by atoms with Crippen LogP contribution in [0.5, 0.6) is 5.75 Å². The maximum atomic E-state index is 12.4. The fourth-order valence-corrected chi connectivity index (χ4v) is 2.72. The minimum absolute atomic E-state index is 0.158. The van der Waals surface area contributed by atoms with E-state index in [2.05, 4.69) is 10.3 Å². The second-order valence-electron chi connectivity index (χ2n) is 5.70. The van der Waals surface area contributed by atoms with Gasteiger partial charge in [0.2, 0.25) is 0 Å². The summed E-state index contributed by atoms with van der Waals surface area (Å²) in [4.78, 5) is 18.7. The lowest BCUT2D eigenvalue weighted by molar-refractivity contribution is -0.117. The fourth-order valence-electron chi connectivity index (χ4n) is 2.54. The van der Waals surface area contributed by atoms with Gasteiger partial charge in [-0.15, -0.1) is 0 Å². The molecule has 1 aliphatic heterocycles. The highest BCUT2D eigenvalue weighted by atomic mass is 35.5. The van der Waals surface area contributed by atoms with Crippen LogP contribution < -0.4 is 15.0 Å². The maximum absolute atomic E-state index is 12.4. The molecule has 0 spiro atoms. The number of anilines is 1. The Hall–Kier alpha value is -2.53. The average molecular weight is 344 g/mol. The highest BCUT2D eigenvalue weighted by Gasteiger charge is 2.18. The molecule has 124 valence electrons. The third kappa shape index (κ3) is 3.51. The van der Waals surface area contributed by atoms with Crippen molar-refractivity contribution in [2.24, 2.45) is 0 Å². The van der Waals surface area contributed by atoms with Gasteiger partial charge in [0.05, 0.1) is 5.57 Å². The molecule has 1 aliphatic rings. The van der Waals surface area contributed by atoms with Gasteiger partial charge in [-0.25, -0.2) is 4.98 Å². The number of hydrogen-bond donors (Lipinski definition) is 1. The van der Waals surface area contributed by atoms with Crippen molar-refractivity contribution in [3.8, 4) is 5.75 Å². The summed E-state index contributed by atoms with van der Waals surface area (Å²) in [5.41, 5.74) is 2.34. The Labute approximate surface area is 145 Å². The molecular weight excluding hydrogens is 326 g/mol. The van der Waals surface area contributed by atoms with Crippen LogP contribution in [0.3, 0.4) is 0 Å². The maximum Gasteiger partial charge on any atom is 0.250 e. The number of halogens is 1. The summed E-state index contributed by atoms with van der Waals surface area (Å²) in [6, 6.07) is 9.17. The predicted molar refractivity (Wildman–Crippen MR) is 95.3 cm³/mol. The molecule has 1 aromatic heterocycles. The van der Waals surface area contributed by atoms with Crippen LogP contribution in [0.2, 0.25) is 5.02 Å². The predicted octanol–water partition coefficient (Wildman–Crippen LogP) is 2.89. The molecule has 24 heavy (non-hydrogen) atoms. The zero-order chi connectivity index (χ0) is 17.1. The Morgan fingerprint density at radius 2 is 2.21 bits per heavy atom. The molecule has 2 aromatic rings. The Balaban J connectivity index is 1.72. The van der Waals surface area contributed by atoms with Crippen molar-refractivity contribution in [1.29, 1.82) is 0 Å². The number of nitrogens with one attached hydrogen (secondary N) is 1. The first-order valence-corrected chi connectivity index (χ1v) is 7.95. The minimum Gasteiger partial charge on any atom is -0.488 e. The summed E-state index contributed by atoms with van der Waals surface area (Å²) < 4.78 is 5.62. The SMILES string of the molecule is CN(C)c1ncccc1CNC(=O)C1=Cc2cc(Cl)ccc2OC1. The van der Waals surface area contributed by atoms with E-state index in [1.165, 1.54) is 0 Å². The van der Waals surface area contributed by atoms with Crippen molar-refractivity contribution in [2.45, 2.75) is 6.54 Å². The van der Waals surface area contributed by atoms with E-state index in [4.69, 9.17) is 16.3 Å². The van der Waals surface area contributed by atoms with E-state index in [0.717, 1.165) is 22.7 Å². The molecule has 1 amide bonds. The molecule has 6 heteroatoms. The molecule has 0 atom stereocenters. The van der Waals surface area contributed by atoms with Crippen LogP contribution in [-0.2, 0) is 11.3 Å². The molecule has 5 nitrogen and oxygen atoms in total. The second-order valence-corrected chi connectivity index (χ2v) is 6.14. The van der Waals surface area contributed by atoms with Crippen LogP contribution in [0.25, 0.3) is 6.08 Å². The third-order valence-electron chi connectivity index (χ3n) is 3.71. The van der Waals surface area contributed by atoms with Crippen LogP contribution in [0.1, 0.15) is 11.1 Å². The Kier molecular flexibility index (Phi) is 4.71. The zero-order valence-electron chi connectivity index (χ0n) is 13.5. The Morgan fingerprint density at radius 3 is 3.00 bits per heavy atom. The van der Waals surface area contributed by atoms with Crippen molar-refractivity contribution in [3.63, 3.8) is 0 Å². The molecule has 0 saturated heterocycles. The minimum atomic E-state index is -0.158. The molecule has 0 aliphatic carbocycles. The lowest BCUT2D eigenvalue weighted by Gasteiger charge is -2.19. The molecule has 1 aromatic carbocycles. The van der Waals surface area contributed by atoms with Gasteiger partial charge in [0, 0.05) is 43.0 Å². The van der Waals surface area contributed by atoms with Gasteiger partial charge in [-0.3, -0.25) is 4.79 Å². The van der Waals surface area contributed by atoms with Crippen molar-refractivity contribution < 1.29 is 9.53 Å². The number of ether oxygens (including phenoxy) is 1. The summed E-state index contributed by atoms with van der Waals surface area (Å²) in [7, 11) is 3.84. The van der Waals surface area contributed by atoms with Crippen LogP contribution in [0, 0.1) is 0 Å². The zero-order valence-corrected chi connectivity index (χ0v) is 14.3. The summed E-state index contributed by atoms with van der Waals surface area (Å²) in [5.74, 6) is 1.41. The van der Waals surface area contributed by atoms with Crippen molar-refractivity contribution in [2.75, 3.05) is 25.6 Å². The Morgan fingerprint density at radius 1 is 1.38 bits per heavy atom. The number of pyridine rings is 1. The topological polar surface area (TPSA) is 54.5 Å². The van der Waals surface area contributed by atoms with Gasteiger partial charge in [-0.05, 0) is 30.3 Å². The number of nitrogens with zero attached hydrogens (tertiary/aromatic N) is 2. The first-order chi connectivity index (χ1) is 11.5. The molecule has 2 heterocycles. The number of benzene rings is 1. The number of rotatable bonds is 4. The van der Waals surface area contributed by atoms with Crippen LogP contribution in [0.4, 0.5) is 5.82 Å². The van der Waals surface area contributed by atoms with Gasteiger partial charge in [-0.2, -0.15) is 0 Å². The molecule has 0 saturated carbocycles. The van der Waals surface area contributed by atoms with E-state index >= 15 is 0 Å². The van der Waals surface area contributed by atoms with Crippen LogP contribution in [0.15, 0.2) is 42.1 Å². The van der Waals surface area contributed by atoms with E-state index in [1.54, 1.807) is 18.3 Å². The van der Waals surface area contributed by atoms with E-state index in [0.29, 0.717) is 17.1 Å². The molecule has 0 unspecified atom stereocenters. The lowest BCUT2D eigenvalue weighted by Crippen LogP contribution is -2.29. The third-order valence-corrected chi connectivity index (χ3v) is 3.94. The molecule has 3 rings (SSSR count). The van der Waals surface area contributed by atoms with Crippen LogP contribution >= 0.6 is 11.6 Å². The van der Waals surface area contributed by atoms with Gasteiger partial charge in [-0.1, -0.05) is 17.7 Å². The quantitative estimate of drug-likeness (QED) is 0.927.